The molecule has 2 rings (SSSR count). The smallest absolute Gasteiger partial charge is 0.275 e. The molecule has 1 heterocycles. The summed E-state index contributed by atoms with van der Waals surface area (Å²) >= 11 is 1.56. The molecule has 106 valence electrons. The third-order valence-corrected chi connectivity index (χ3v) is 3.49. The standard InChI is InChI=1S/C13H15N3O3S/c1-3-19-12-5-10(4-11(6-12)16(17)18)14-7-13-15-9(2)8-20-13/h4-6,8,14H,3,7H2,1-2H3. The van der Waals surface area contributed by atoms with E-state index in [1.165, 1.54) is 12.1 Å². The van der Waals surface area contributed by atoms with Crippen molar-refractivity contribution < 1.29 is 9.66 Å². The Morgan fingerprint density at radius 3 is 2.85 bits per heavy atom. The molecule has 7 heteroatoms. The first-order chi connectivity index (χ1) is 9.58. The Labute approximate surface area is 120 Å². The molecular weight excluding hydrogens is 278 g/mol. The second-order valence-electron chi connectivity index (χ2n) is 4.14. The molecule has 0 aliphatic rings. The quantitative estimate of drug-likeness (QED) is 0.652. The molecule has 6 nitrogen and oxygen atoms in total. The average Bonchev–Trinajstić information content (AvgIpc) is 2.82. The van der Waals surface area contributed by atoms with Crippen LogP contribution in [0.1, 0.15) is 17.6 Å². The Hall–Kier alpha value is -2.15. The van der Waals surface area contributed by atoms with Crippen molar-refractivity contribution in [3.63, 3.8) is 0 Å². The number of rotatable bonds is 6. The number of nitrogens with one attached hydrogen (secondary N) is 1. The van der Waals surface area contributed by atoms with Gasteiger partial charge < -0.3 is 10.1 Å². The number of ether oxygens (including phenoxy) is 1. The zero-order chi connectivity index (χ0) is 14.5. The summed E-state index contributed by atoms with van der Waals surface area (Å²) in [6.07, 6.45) is 0. The number of aryl methyl sites for hydroxylation is 1. The van der Waals surface area contributed by atoms with Crippen LogP contribution >= 0.6 is 11.3 Å². The Kier molecular flexibility index (Phi) is 4.52. The molecule has 0 aliphatic heterocycles. The number of nitrogens with zero attached hydrogens (tertiary/aromatic N) is 2. The number of non-ortho nitro benzene ring substituents is 1. The number of nitro groups is 1. The predicted molar refractivity (Wildman–Crippen MR) is 78.4 cm³/mol. The Bertz CT molecular complexity index is 613. The van der Waals surface area contributed by atoms with Crippen LogP contribution in [0.3, 0.4) is 0 Å². The third-order valence-electron chi connectivity index (χ3n) is 2.52. The Morgan fingerprint density at radius 2 is 2.25 bits per heavy atom. The molecule has 0 saturated carbocycles. The lowest BCUT2D eigenvalue weighted by atomic mass is 10.2. The van der Waals surface area contributed by atoms with Gasteiger partial charge in [0.15, 0.2) is 0 Å². The van der Waals surface area contributed by atoms with Crippen molar-refractivity contribution in [3.05, 3.63) is 44.4 Å². The van der Waals surface area contributed by atoms with E-state index >= 15 is 0 Å². The highest BCUT2D eigenvalue weighted by atomic mass is 32.1. The van der Waals surface area contributed by atoms with E-state index in [0.717, 1.165) is 10.7 Å². The minimum atomic E-state index is -0.429. The van der Waals surface area contributed by atoms with E-state index in [-0.39, 0.29) is 5.69 Å². The normalized spacial score (nSPS) is 10.3. The first-order valence-electron chi connectivity index (χ1n) is 6.15. The number of nitro benzene ring substituents is 1. The molecular formula is C13H15N3O3S. The van der Waals surface area contributed by atoms with E-state index in [4.69, 9.17) is 4.74 Å². The fourth-order valence-corrected chi connectivity index (χ4v) is 2.41. The maximum Gasteiger partial charge on any atom is 0.275 e. The lowest BCUT2D eigenvalue weighted by Gasteiger charge is -2.08. The van der Waals surface area contributed by atoms with Gasteiger partial charge >= 0.3 is 0 Å². The van der Waals surface area contributed by atoms with Crippen molar-refractivity contribution in [1.29, 1.82) is 0 Å². The highest BCUT2D eigenvalue weighted by Gasteiger charge is 2.10. The van der Waals surface area contributed by atoms with E-state index in [1.54, 1.807) is 17.4 Å². The zero-order valence-corrected chi connectivity index (χ0v) is 12.1. The summed E-state index contributed by atoms with van der Waals surface area (Å²) < 4.78 is 5.34. The van der Waals surface area contributed by atoms with Crippen LogP contribution in [0.25, 0.3) is 0 Å². The van der Waals surface area contributed by atoms with Gasteiger partial charge in [0, 0.05) is 28.9 Å². The van der Waals surface area contributed by atoms with Crippen molar-refractivity contribution in [2.45, 2.75) is 20.4 Å². The van der Waals surface area contributed by atoms with Gasteiger partial charge in [0.25, 0.3) is 5.69 Å². The largest absolute Gasteiger partial charge is 0.494 e. The molecule has 0 amide bonds. The Balaban J connectivity index is 2.15. The van der Waals surface area contributed by atoms with E-state index in [2.05, 4.69) is 10.3 Å². The highest BCUT2D eigenvalue weighted by Crippen LogP contribution is 2.26. The summed E-state index contributed by atoms with van der Waals surface area (Å²) in [7, 11) is 0. The third kappa shape index (κ3) is 3.67. The van der Waals surface area contributed by atoms with Gasteiger partial charge in [0.1, 0.15) is 10.8 Å². The van der Waals surface area contributed by atoms with Crippen molar-refractivity contribution >= 4 is 22.7 Å². The molecule has 0 radical (unpaired) electrons. The predicted octanol–water partition coefficient (Wildman–Crippen LogP) is 3.37. The van der Waals surface area contributed by atoms with Gasteiger partial charge in [0.05, 0.1) is 24.1 Å². The van der Waals surface area contributed by atoms with Gasteiger partial charge in [-0.2, -0.15) is 0 Å². The molecule has 0 aliphatic carbocycles. The van der Waals surface area contributed by atoms with Gasteiger partial charge in [-0.15, -0.1) is 11.3 Å². The number of hydrogen-bond donors (Lipinski definition) is 1. The van der Waals surface area contributed by atoms with E-state index < -0.39 is 4.92 Å². The van der Waals surface area contributed by atoms with Gasteiger partial charge in [-0.3, -0.25) is 10.1 Å². The average molecular weight is 293 g/mol. The molecule has 0 atom stereocenters. The topological polar surface area (TPSA) is 77.3 Å². The first kappa shape index (κ1) is 14.3. The van der Waals surface area contributed by atoms with Crippen LogP contribution in [-0.4, -0.2) is 16.5 Å². The highest BCUT2D eigenvalue weighted by molar-refractivity contribution is 7.09. The summed E-state index contributed by atoms with van der Waals surface area (Å²) in [5.41, 5.74) is 1.63. The minimum absolute atomic E-state index is 0.00812. The molecule has 20 heavy (non-hydrogen) atoms. The monoisotopic (exact) mass is 293 g/mol. The van der Waals surface area contributed by atoms with Crippen LogP contribution < -0.4 is 10.1 Å². The summed E-state index contributed by atoms with van der Waals surface area (Å²) in [4.78, 5) is 14.8. The first-order valence-corrected chi connectivity index (χ1v) is 7.03. The van der Waals surface area contributed by atoms with E-state index in [9.17, 15) is 10.1 Å². The van der Waals surface area contributed by atoms with Crippen molar-refractivity contribution in [2.75, 3.05) is 11.9 Å². The lowest BCUT2D eigenvalue weighted by Crippen LogP contribution is -2.01. The van der Waals surface area contributed by atoms with Crippen LogP contribution in [0, 0.1) is 17.0 Å². The number of aromatic nitrogens is 1. The van der Waals surface area contributed by atoms with Crippen LogP contribution in [-0.2, 0) is 6.54 Å². The molecule has 2 aromatic rings. The number of thiazole rings is 1. The lowest BCUT2D eigenvalue weighted by molar-refractivity contribution is -0.384. The van der Waals surface area contributed by atoms with Crippen LogP contribution in [0.4, 0.5) is 11.4 Å². The molecule has 0 bridgehead atoms. The van der Waals surface area contributed by atoms with Crippen LogP contribution in [0.2, 0.25) is 0 Å². The van der Waals surface area contributed by atoms with Gasteiger partial charge in [-0.25, -0.2) is 4.98 Å². The van der Waals surface area contributed by atoms with Crippen LogP contribution in [0.15, 0.2) is 23.6 Å². The second-order valence-corrected chi connectivity index (χ2v) is 5.08. The van der Waals surface area contributed by atoms with Crippen LogP contribution in [0.5, 0.6) is 5.75 Å². The second kappa shape index (κ2) is 6.33. The molecule has 0 spiro atoms. The SMILES string of the molecule is CCOc1cc(NCc2nc(C)cs2)cc([N+](=O)[O-])c1. The molecule has 0 unspecified atom stereocenters. The van der Waals surface area contributed by atoms with Gasteiger partial charge in [-0.05, 0) is 13.8 Å². The van der Waals surface area contributed by atoms with Gasteiger partial charge in [0.2, 0.25) is 0 Å². The fourth-order valence-electron chi connectivity index (χ4n) is 1.70. The molecule has 1 N–H and O–H groups in total. The minimum Gasteiger partial charge on any atom is -0.494 e. The van der Waals surface area contributed by atoms with Gasteiger partial charge in [-0.1, -0.05) is 0 Å². The Morgan fingerprint density at radius 1 is 1.45 bits per heavy atom. The molecule has 1 aromatic heterocycles. The number of benzene rings is 1. The fraction of sp³-hybridized carbons (Fsp3) is 0.308. The summed E-state index contributed by atoms with van der Waals surface area (Å²) in [5, 5.41) is 16.9. The van der Waals surface area contributed by atoms with E-state index in [0.29, 0.717) is 24.6 Å². The maximum atomic E-state index is 10.9. The zero-order valence-electron chi connectivity index (χ0n) is 11.3. The summed E-state index contributed by atoms with van der Waals surface area (Å²) in [6, 6.07) is 4.65. The van der Waals surface area contributed by atoms with Crippen molar-refractivity contribution in [2.24, 2.45) is 0 Å². The molecule has 0 saturated heterocycles. The number of anilines is 1. The van der Waals surface area contributed by atoms with Crippen molar-refractivity contribution in [1.82, 2.24) is 4.98 Å². The van der Waals surface area contributed by atoms with E-state index in [1.807, 2.05) is 19.2 Å². The molecule has 0 fully saturated rings. The summed E-state index contributed by atoms with van der Waals surface area (Å²) in [6.45, 7) is 4.77. The van der Waals surface area contributed by atoms with Crippen molar-refractivity contribution in [3.8, 4) is 5.75 Å². The molecule has 1 aromatic carbocycles. The summed E-state index contributed by atoms with van der Waals surface area (Å²) in [5.74, 6) is 0.486. The maximum absolute atomic E-state index is 10.9. The number of hydrogen-bond acceptors (Lipinski definition) is 6.